The van der Waals surface area contributed by atoms with Crippen molar-refractivity contribution in [2.24, 2.45) is 13.0 Å². The van der Waals surface area contributed by atoms with E-state index < -0.39 is 0 Å². The molecule has 120 valence electrons. The molecule has 2 aromatic rings. The van der Waals surface area contributed by atoms with Gasteiger partial charge in [0.1, 0.15) is 5.78 Å². The quantitative estimate of drug-likeness (QED) is 0.862. The Labute approximate surface area is 134 Å². The molecule has 1 atom stereocenters. The molecule has 0 spiro atoms. The summed E-state index contributed by atoms with van der Waals surface area (Å²) in [5, 5.41) is 0. The summed E-state index contributed by atoms with van der Waals surface area (Å²) in [5.74, 6) is 0.838. The van der Waals surface area contributed by atoms with E-state index in [4.69, 9.17) is 0 Å². The summed E-state index contributed by atoms with van der Waals surface area (Å²) < 4.78 is 1.55. The molecule has 6 heteroatoms. The lowest BCUT2D eigenvalue weighted by Crippen LogP contribution is -2.41. The predicted octanol–water partition coefficient (Wildman–Crippen LogP) is 1.65. The fraction of sp³-hybridized carbons (Fsp3) is 0.412. The smallest absolute Gasteiger partial charge is 0.255 e. The molecule has 2 aromatic heterocycles. The first-order valence-corrected chi connectivity index (χ1v) is 7.80. The number of hydrogen-bond acceptors (Lipinski definition) is 5. The summed E-state index contributed by atoms with van der Waals surface area (Å²) in [6.07, 6.45) is 5.20. The maximum atomic E-state index is 12.3. The third kappa shape index (κ3) is 3.16. The number of carbonyl (C=O) groups is 1. The number of pyridine rings is 1. The van der Waals surface area contributed by atoms with Crippen molar-refractivity contribution in [1.29, 1.82) is 0 Å². The molecule has 0 amide bonds. The Bertz CT molecular complexity index is 770. The van der Waals surface area contributed by atoms with Crippen LogP contribution in [0.3, 0.4) is 0 Å². The highest BCUT2D eigenvalue weighted by Gasteiger charge is 2.25. The van der Waals surface area contributed by atoms with Crippen molar-refractivity contribution in [3.8, 4) is 11.3 Å². The van der Waals surface area contributed by atoms with Crippen molar-refractivity contribution in [3.63, 3.8) is 0 Å². The lowest BCUT2D eigenvalue weighted by Gasteiger charge is -2.33. The molecule has 1 saturated heterocycles. The minimum atomic E-state index is -0.105. The number of carbonyl (C=O) groups excluding carboxylic acids is 1. The molecule has 0 radical (unpaired) electrons. The second kappa shape index (κ2) is 6.32. The molecule has 1 aliphatic heterocycles. The van der Waals surface area contributed by atoms with E-state index in [1.54, 1.807) is 30.9 Å². The number of piperidine rings is 1. The first-order chi connectivity index (χ1) is 11.1. The first-order valence-electron chi connectivity index (χ1n) is 7.80. The molecule has 3 heterocycles. The third-order valence-electron chi connectivity index (χ3n) is 4.37. The van der Waals surface area contributed by atoms with Crippen LogP contribution in [0.4, 0.5) is 5.95 Å². The molecule has 3 rings (SSSR count). The van der Waals surface area contributed by atoms with E-state index in [1.807, 2.05) is 17.0 Å². The van der Waals surface area contributed by atoms with Crippen LogP contribution in [0.2, 0.25) is 0 Å². The van der Waals surface area contributed by atoms with Crippen LogP contribution in [-0.4, -0.2) is 33.4 Å². The number of hydrogen-bond donors (Lipinski definition) is 0. The average Bonchev–Trinajstić information content (AvgIpc) is 2.58. The zero-order chi connectivity index (χ0) is 16.4. The number of Topliss-reactive ketones (excluding diaryl/α,β-unsaturated/α-hetero) is 1. The molecule has 0 saturated carbocycles. The molecule has 0 N–H and O–H groups in total. The summed E-state index contributed by atoms with van der Waals surface area (Å²) in [6.45, 7) is 3.06. The van der Waals surface area contributed by atoms with Crippen molar-refractivity contribution >= 4 is 11.7 Å². The summed E-state index contributed by atoms with van der Waals surface area (Å²) in [7, 11) is 1.72. The molecular weight excluding hydrogens is 292 g/mol. The van der Waals surface area contributed by atoms with Crippen LogP contribution in [0.15, 0.2) is 35.4 Å². The Morgan fingerprint density at radius 1 is 1.30 bits per heavy atom. The summed E-state index contributed by atoms with van der Waals surface area (Å²) in [5.41, 5.74) is 1.39. The summed E-state index contributed by atoms with van der Waals surface area (Å²) in [4.78, 5) is 34.7. The zero-order valence-electron chi connectivity index (χ0n) is 13.4. The van der Waals surface area contributed by atoms with Crippen LogP contribution in [0, 0.1) is 5.92 Å². The predicted molar refractivity (Wildman–Crippen MR) is 88.3 cm³/mol. The van der Waals surface area contributed by atoms with Gasteiger partial charge in [-0.05, 0) is 31.9 Å². The van der Waals surface area contributed by atoms with Gasteiger partial charge in [0.2, 0.25) is 5.95 Å². The Morgan fingerprint density at radius 2 is 2.04 bits per heavy atom. The average molecular weight is 312 g/mol. The lowest BCUT2D eigenvalue weighted by atomic mass is 9.95. The molecular formula is C17H20N4O2. The highest BCUT2D eigenvalue weighted by molar-refractivity contribution is 5.79. The molecule has 6 nitrogen and oxygen atoms in total. The van der Waals surface area contributed by atoms with Crippen LogP contribution in [0.25, 0.3) is 11.3 Å². The van der Waals surface area contributed by atoms with Crippen LogP contribution in [0.1, 0.15) is 19.8 Å². The molecule has 1 fully saturated rings. The second-order valence-electron chi connectivity index (χ2n) is 5.97. The number of ketones is 1. The highest BCUT2D eigenvalue weighted by atomic mass is 16.1. The first kappa shape index (κ1) is 15.4. The van der Waals surface area contributed by atoms with Crippen LogP contribution in [0.5, 0.6) is 0 Å². The van der Waals surface area contributed by atoms with Crippen molar-refractivity contribution in [2.45, 2.75) is 19.8 Å². The number of nitrogens with zero attached hydrogens (tertiary/aromatic N) is 4. The number of anilines is 1. The van der Waals surface area contributed by atoms with E-state index >= 15 is 0 Å². The van der Waals surface area contributed by atoms with Gasteiger partial charge in [-0.1, -0.05) is 0 Å². The van der Waals surface area contributed by atoms with E-state index in [9.17, 15) is 9.59 Å². The SMILES string of the molecule is CC(=O)C1CCCN(c2nc(-c3ccncc3)cc(=O)n2C)C1. The number of aromatic nitrogens is 3. The van der Waals surface area contributed by atoms with Crippen LogP contribution >= 0.6 is 0 Å². The van der Waals surface area contributed by atoms with Gasteiger partial charge in [-0.15, -0.1) is 0 Å². The van der Waals surface area contributed by atoms with Crippen molar-refractivity contribution in [2.75, 3.05) is 18.0 Å². The van der Waals surface area contributed by atoms with Crippen molar-refractivity contribution in [3.05, 3.63) is 40.9 Å². The molecule has 1 aliphatic rings. The van der Waals surface area contributed by atoms with Gasteiger partial charge in [-0.25, -0.2) is 4.98 Å². The van der Waals surface area contributed by atoms with Crippen LogP contribution < -0.4 is 10.5 Å². The third-order valence-corrected chi connectivity index (χ3v) is 4.37. The second-order valence-corrected chi connectivity index (χ2v) is 5.97. The number of rotatable bonds is 3. The van der Waals surface area contributed by atoms with Gasteiger partial charge in [-0.2, -0.15) is 0 Å². The zero-order valence-corrected chi connectivity index (χ0v) is 13.4. The van der Waals surface area contributed by atoms with Gasteiger partial charge in [0.25, 0.3) is 5.56 Å². The van der Waals surface area contributed by atoms with Crippen molar-refractivity contribution < 1.29 is 4.79 Å². The Kier molecular flexibility index (Phi) is 4.23. The molecule has 0 aliphatic carbocycles. The normalized spacial score (nSPS) is 18.0. The maximum Gasteiger partial charge on any atom is 0.255 e. The standard InChI is InChI=1S/C17H20N4O2/c1-12(22)14-4-3-9-21(11-14)17-19-15(10-16(23)20(17)2)13-5-7-18-8-6-13/h5-8,10,14H,3-4,9,11H2,1-2H3. The summed E-state index contributed by atoms with van der Waals surface area (Å²) in [6, 6.07) is 5.20. The van der Waals surface area contributed by atoms with Gasteiger partial charge in [0.05, 0.1) is 5.69 Å². The van der Waals surface area contributed by atoms with E-state index in [2.05, 4.69) is 9.97 Å². The van der Waals surface area contributed by atoms with Crippen LogP contribution in [-0.2, 0) is 11.8 Å². The maximum absolute atomic E-state index is 12.3. The fourth-order valence-corrected chi connectivity index (χ4v) is 2.97. The Hall–Kier alpha value is -2.50. The molecule has 1 unspecified atom stereocenters. The van der Waals surface area contributed by atoms with E-state index in [1.165, 1.54) is 6.07 Å². The van der Waals surface area contributed by atoms with Gasteiger partial charge >= 0.3 is 0 Å². The minimum absolute atomic E-state index is 0.0187. The van der Waals surface area contributed by atoms with Gasteiger partial charge < -0.3 is 4.90 Å². The van der Waals surface area contributed by atoms with Gasteiger partial charge in [0, 0.05) is 50.1 Å². The topological polar surface area (TPSA) is 68.1 Å². The van der Waals surface area contributed by atoms with E-state index in [-0.39, 0.29) is 17.3 Å². The lowest BCUT2D eigenvalue weighted by molar-refractivity contribution is -0.120. The largest absolute Gasteiger partial charge is 0.341 e. The van der Waals surface area contributed by atoms with Crippen molar-refractivity contribution in [1.82, 2.24) is 14.5 Å². The highest BCUT2D eigenvalue weighted by Crippen LogP contribution is 2.23. The van der Waals surface area contributed by atoms with Gasteiger partial charge in [-0.3, -0.25) is 19.1 Å². The molecule has 0 bridgehead atoms. The van der Waals surface area contributed by atoms with E-state index in [0.717, 1.165) is 24.9 Å². The monoisotopic (exact) mass is 312 g/mol. The Morgan fingerprint density at radius 3 is 2.74 bits per heavy atom. The minimum Gasteiger partial charge on any atom is -0.341 e. The fourth-order valence-electron chi connectivity index (χ4n) is 2.97. The van der Waals surface area contributed by atoms with E-state index in [0.29, 0.717) is 18.2 Å². The Balaban J connectivity index is 2.00. The van der Waals surface area contributed by atoms with Gasteiger partial charge in [0.15, 0.2) is 0 Å². The molecule has 23 heavy (non-hydrogen) atoms. The molecule has 0 aromatic carbocycles. The summed E-state index contributed by atoms with van der Waals surface area (Å²) >= 11 is 0.